The van der Waals surface area contributed by atoms with Crippen LogP contribution in [0.5, 0.6) is 0 Å². The van der Waals surface area contributed by atoms with Crippen LogP contribution in [0, 0.1) is 17.3 Å². The summed E-state index contributed by atoms with van der Waals surface area (Å²) in [6.45, 7) is 11.1. The van der Waals surface area contributed by atoms with E-state index in [1.54, 1.807) is 11.3 Å². The minimum Gasteiger partial charge on any atom is -0.444 e. The van der Waals surface area contributed by atoms with E-state index in [1.807, 2.05) is 26.8 Å². The molecule has 3 aliphatic carbocycles. The van der Waals surface area contributed by atoms with Crippen molar-refractivity contribution in [2.45, 2.75) is 64.9 Å². The second-order valence-electron chi connectivity index (χ2n) is 8.96. The minimum atomic E-state index is -0.475. The van der Waals surface area contributed by atoms with Gasteiger partial charge in [-0.1, -0.05) is 25.4 Å². The van der Waals surface area contributed by atoms with E-state index in [4.69, 9.17) is 16.3 Å². The first kappa shape index (κ1) is 18.1. The van der Waals surface area contributed by atoms with Crippen LogP contribution in [-0.2, 0) is 10.2 Å². The maximum Gasteiger partial charge on any atom is 0.407 e. The average Bonchev–Trinajstić information content (AvgIpc) is 2.90. The number of carbonyl (C=O) groups is 1. The van der Waals surface area contributed by atoms with Crippen LogP contribution >= 0.6 is 22.9 Å². The highest BCUT2D eigenvalue weighted by Crippen LogP contribution is 2.66. The Kier molecular flexibility index (Phi) is 4.45. The highest BCUT2D eigenvalue weighted by Gasteiger charge is 2.61. The zero-order valence-corrected chi connectivity index (χ0v) is 16.8. The van der Waals surface area contributed by atoms with Gasteiger partial charge in [-0.25, -0.2) is 4.79 Å². The number of nitrogens with one attached hydrogen (secondary N) is 1. The zero-order chi connectivity index (χ0) is 17.8. The Labute approximate surface area is 154 Å². The van der Waals surface area contributed by atoms with Crippen molar-refractivity contribution in [3.8, 4) is 0 Å². The van der Waals surface area contributed by atoms with Gasteiger partial charge in [0.25, 0.3) is 0 Å². The van der Waals surface area contributed by atoms with Crippen LogP contribution in [0.3, 0.4) is 0 Å². The van der Waals surface area contributed by atoms with Crippen molar-refractivity contribution >= 4 is 29.0 Å². The van der Waals surface area contributed by atoms with Gasteiger partial charge in [0.1, 0.15) is 5.60 Å². The van der Waals surface area contributed by atoms with Crippen LogP contribution in [0.4, 0.5) is 4.79 Å². The molecular formula is C19H28ClNO2S. The lowest BCUT2D eigenvalue weighted by molar-refractivity contribution is -0.120. The molecule has 0 spiro atoms. The highest BCUT2D eigenvalue weighted by atomic mass is 35.5. The normalized spacial score (nSPS) is 31.2. The van der Waals surface area contributed by atoms with Crippen LogP contribution < -0.4 is 5.32 Å². The molecular weight excluding hydrogens is 342 g/mol. The lowest BCUT2D eigenvalue weighted by Crippen LogP contribution is -2.62. The van der Waals surface area contributed by atoms with Crippen molar-refractivity contribution in [3.63, 3.8) is 0 Å². The quantitative estimate of drug-likeness (QED) is 0.750. The Bertz CT molecular complexity index is 632. The second-order valence-corrected chi connectivity index (χ2v) is 10.7. The third-order valence-corrected chi connectivity index (χ3v) is 7.54. The Balaban J connectivity index is 1.83. The predicted octanol–water partition coefficient (Wildman–Crippen LogP) is 5.62. The summed E-state index contributed by atoms with van der Waals surface area (Å²) in [5, 5.41) is 3.05. The molecule has 1 N–H and O–H groups in total. The summed E-state index contributed by atoms with van der Waals surface area (Å²) in [6.07, 6.45) is 3.25. The second kappa shape index (κ2) is 5.91. The van der Waals surface area contributed by atoms with Gasteiger partial charge in [0, 0.05) is 16.8 Å². The van der Waals surface area contributed by atoms with Crippen molar-refractivity contribution < 1.29 is 9.53 Å². The molecule has 134 valence electrons. The van der Waals surface area contributed by atoms with Crippen molar-refractivity contribution in [2.24, 2.45) is 17.3 Å². The number of hydrogen-bond donors (Lipinski definition) is 1. The van der Waals surface area contributed by atoms with Gasteiger partial charge in [0.05, 0.1) is 4.34 Å². The van der Waals surface area contributed by atoms with E-state index >= 15 is 0 Å². The molecule has 5 heteroatoms. The standard InChI is InChI=1S/C19H28ClNO2S/c1-17(2,3)23-16(22)21-11-19(14-6-7-15(20)24-14)9-8-12-10-13(19)18(12,4)5/h6-7,12-13H,8-11H2,1-5H3,(H,21,22)/t12-,13+,19+/m0/s1. The van der Waals surface area contributed by atoms with Crippen molar-refractivity contribution in [2.75, 3.05) is 6.54 Å². The molecule has 0 unspecified atom stereocenters. The Morgan fingerprint density at radius 2 is 2.12 bits per heavy atom. The molecule has 24 heavy (non-hydrogen) atoms. The molecule has 0 aromatic carbocycles. The van der Waals surface area contributed by atoms with Crippen LogP contribution in [0.15, 0.2) is 12.1 Å². The molecule has 3 saturated carbocycles. The van der Waals surface area contributed by atoms with Gasteiger partial charge in [0.2, 0.25) is 0 Å². The maximum absolute atomic E-state index is 12.2. The van der Waals surface area contributed by atoms with E-state index in [-0.39, 0.29) is 11.5 Å². The van der Waals surface area contributed by atoms with Crippen LogP contribution in [0.1, 0.15) is 58.8 Å². The molecule has 3 nitrogen and oxygen atoms in total. The SMILES string of the molecule is CC(C)(C)OC(=O)NC[C@]1(c2ccc(Cl)s2)CC[C@H]2C[C@@H]1C2(C)C. The van der Waals surface area contributed by atoms with Gasteiger partial charge in [-0.05, 0) is 69.4 Å². The first-order chi connectivity index (χ1) is 11.0. The molecule has 0 radical (unpaired) electrons. The van der Waals surface area contributed by atoms with E-state index < -0.39 is 5.60 Å². The number of amides is 1. The monoisotopic (exact) mass is 369 g/mol. The van der Waals surface area contributed by atoms with E-state index in [0.29, 0.717) is 17.9 Å². The van der Waals surface area contributed by atoms with Gasteiger partial charge >= 0.3 is 6.09 Å². The molecule has 2 bridgehead atoms. The van der Waals surface area contributed by atoms with E-state index in [9.17, 15) is 4.79 Å². The van der Waals surface area contributed by atoms with E-state index in [1.165, 1.54) is 17.7 Å². The number of fused-ring (bicyclic) bond motifs is 2. The molecule has 3 aliphatic rings. The summed E-state index contributed by atoms with van der Waals surface area (Å²) in [4.78, 5) is 13.5. The van der Waals surface area contributed by atoms with Crippen molar-refractivity contribution in [1.82, 2.24) is 5.32 Å². The summed E-state index contributed by atoms with van der Waals surface area (Å²) >= 11 is 7.89. The van der Waals surface area contributed by atoms with Gasteiger partial charge < -0.3 is 10.1 Å². The number of halogens is 1. The molecule has 0 aliphatic heterocycles. The van der Waals surface area contributed by atoms with Crippen molar-refractivity contribution in [1.29, 1.82) is 0 Å². The molecule has 3 atom stereocenters. The molecule has 3 fully saturated rings. The van der Waals surface area contributed by atoms with E-state index in [0.717, 1.165) is 16.7 Å². The Morgan fingerprint density at radius 1 is 1.42 bits per heavy atom. The van der Waals surface area contributed by atoms with Crippen LogP contribution in [0.25, 0.3) is 0 Å². The molecule has 1 amide bonds. The topological polar surface area (TPSA) is 38.3 Å². The minimum absolute atomic E-state index is 0.0209. The Morgan fingerprint density at radius 3 is 2.62 bits per heavy atom. The summed E-state index contributed by atoms with van der Waals surface area (Å²) in [5.74, 6) is 1.39. The fraction of sp³-hybridized carbons (Fsp3) is 0.737. The number of carbonyl (C=O) groups excluding carboxylic acids is 1. The van der Waals surface area contributed by atoms with Crippen LogP contribution in [-0.4, -0.2) is 18.2 Å². The van der Waals surface area contributed by atoms with Gasteiger partial charge in [0.15, 0.2) is 0 Å². The molecule has 1 aromatic heterocycles. The summed E-state index contributed by atoms with van der Waals surface area (Å²) in [6, 6.07) is 4.13. The third-order valence-electron chi connectivity index (χ3n) is 6.09. The summed E-state index contributed by atoms with van der Waals surface area (Å²) in [5.41, 5.74) is -0.172. The number of hydrogen-bond acceptors (Lipinski definition) is 3. The third kappa shape index (κ3) is 3.08. The fourth-order valence-electron chi connectivity index (χ4n) is 4.77. The molecule has 4 rings (SSSR count). The molecule has 0 saturated heterocycles. The number of alkyl carbamates (subject to hydrolysis) is 1. The summed E-state index contributed by atoms with van der Waals surface area (Å²) < 4.78 is 6.26. The molecule has 1 aromatic rings. The maximum atomic E-state index is 12.2. The lowest BCUT2D eigenvalue weighted by Gasteiger charge is -2.65. The Hall–Kier alpha value is -0.740. The fourth-order valence-corrected chi connectivity index (χ4v) is 6.08. The zero-order valence-electron chi connectivity index (χ0n) is 15.2. The van der Waals surface area contributed by atoms with Gasteiger partial charge in [-0.2, -0.15) is 0 Å². The highest BCUT2D eigenvalue weighted by molar-refractivity contribution is 7.16. The lowest BCUT2D eigenvalue weighted by atomic mass is 9.40. The average molecular weight is 370 g/mol. The first-order valence-electron chi connectivity index (χ1n) is 8.77. The van der Waals surface area contributed by atoms with E-state index in [2.05, 4.69) is 25.2 Å². The molecule has 1 heterocycles. The van der Waals surface area contributed by atoms with Gasteiger partial charge in [-0.3, -0.25) is 0 Å². The van der Waals surface area contributed by atoms with Gasteiger partial charge in [-0.15, -0.1) is 11.3 Å². The number of ether oxygens (including phenoxy) is 1. The number of thiophene rings is 1. The predicted molar refractivity (Wildman–Crippen MR) is 99.9 cm³/mol. The van der Waals surface area contributed by atoms with Crippen LogP contribution in [0.2, 0.25) is 4.34 Å². The first-order valence-corrected chi connectivity index (χ1v) is 9.97. The smallest absolute Gasteiger partial charge is 0.407 e. The summed E-state index contributed by atoms with van der Waals surface area (Å²) in [7, 11) is 0. The largest absolute Gasteiger partial charge is 0.444 e. The van der Waals surface area contributed by atoms with Crippen molar-refractivity contribution in [3.05, 3.63) is 21.3 Å². The number of rotatable bonds is 3.